The Hall–Kier alpha value is -1.85. The van der Waals surface area contributed by atoms with Crippen LogP contribution >= 0.6 is 11.3 Å². The summed E-state index contributed by atoms with van der Waals surface area (Å²) in [6, 6.07) is 12.0. The number of likely N-dealkylation sites (tertiary alicyclic amines) is 1. The maximum Gasteiger partial charge on any atom is 0.255 e. The van der Waals surface area contributed by atoms with Crippen molar-refractivity contribution >= 4 is 17.2 Å². The van der Waals surface area contributed by atoms with Crippen molar-refractivity contribution in [3.8, 4) is 5.75 Å². The van der Waals surface area contributed by atoms with Gasteiger partial charge in [0.25, 0.3) is 5.91 Å². The molecule has 0 saturated carbocycles. The summed E-state index contributed by atoms with van der Waals surface area (Å²) >= 11 is 1.77. The number of amides is 1. The second-order valence-corrected chi connectivity index (χ2v) is 7.66. The van der Waals surface area contributed by atoms with Crippen molar-refractivity contribution in [2.45, 2.75) is 38.6 Å². The van der Waals surface area contributed by atoms with Gasteiger partial charge in [-0.3, -0.25) is 9.69 Å². The number of hydrogen-bond acceptors (Lipinski definition) is 4. The fraction of sp³-hybridized carbons (Fsp3) is 0.476. The molecule has 0 radical (unpaired) electrons. The second-order valence-electron chi connectivity index (χ2n) is 6.68. The molecule has 0 bridgehead atoms. The minimum atomic E-state index is -0.0599. The van der Waals surface area contributed by atoms with E-state index in [-0.39, 0.29) is 11.9 Å². The molecule has 1 amide bonds. The van der Waals surface area contributed by atoms with Crippen LogP contribution in [-0.2, 0) is 0 Å². The predicted octanol–water partition coefficient (Wildman–Crippen LogP) is 4.49. The van der Waals surface area contributed by atoms with Crippen LogP contribution in [0, 0.1) is 0 Å². The van der Waals surface area contributed by atoms with Gasteiger partial charge in [0.05, 0.1) is 18.2 Å². The Labute approximate surface area is 160 Å². The van der Waals surface area contributed by atoms with Crippen LogP contribution in [0.4, 0.5) is 0 Å². The van der Waals surface area contributed by atoms with E-state index < -0.39 is 0 Å². The highest BCUT2D eigenvalue weighted by atomic mass is 32.1. The van der Waals surface area contributed by atoms with Crippen molar-refractivity contribution in [3.05, 3.63) is 52.2 Å². The molecule has 5 heteroatoms. The second kappa shape index (κ2) is 9.74. The van der Waals surface area contributed by atoms with E-state index in [4.69, 9.17) is 4.74 Å². The third-order valence-corrected chi connectivity index (χ3v) is 5.73. The lowest BCUT2D eigenvalue weighted by molar-refractivity contribution is 0.0921. The van der Waals surface area contributed by atoms with E-state index in [0.29, 0.717) is 24.5 Å². The lowest BCUT2D eigenvalue weighted by Crippen LogP contribution is -2.40. The Balaban J connectivity index is 1.68. The number of nitrogens with one attached hydrogen (secondary N) is 1. The smallest absolute Gasteiger partial charge is 0.255 e. The third-order valence-electron chi connectivity index (χ3n) is 4.75. The summed E-state index contributed by atoms with van der Waals surface area (Å²) in [5, 5.41) is 5.26. The zero-order chi connectivity index (χ0) is 18.2. The highest BCUT2D eigenvalue weighted by molar-refractivity contribution is 7.10. The number of carbonyl (C=O) groups excluding carboxylic acids is 1. The SMILES string of the molecule is CCCOc1ccccc1C(=O)NC[C@H](c1cccs1)N1CCCCC1. The number of piperidine rings is 1. The fourth-order valence-electron chi connectivity index (χ4n) is 3.40. The van der Waals surface area contributed by atoms with E-state index in [1.165, 1.54) is 24.1 Å². The van der Waals surface area contributed by atoms with Crippen molar-refractivity contribution in [1.82, 2.24) is 10.2 Å². The number of para-hydroxylation sites is 1. The van der Waals surface area contributed by atoms with Gasteiger partial charge in [-0.05, 0) is 55.9 Å². The molecule has 2 heterocycles. The van der Waals surface area contributed by atoms with Crippen molar-refractivity contribution in [3.63, 3.8) is 0 Å². The van der Waals surface area contributed by atoms with Gasteiger partial charge in [0, 0.05) is 11.4 Å². The molecule has 1 aromatic heterocycles. The Morgan fingerprint density at radius 2 is 2.00 bits per heavy atom. The van der Waals surface area contributed by atoms with E-state index in [0.717, 1.165) is 19.5 Å². The van der Waals surface area contributed by atoms with Crippen LogP contribution in [0.3, 0.4) is 0 Å². The summed E-state index contributed by atoms with van der Waals surface area (Å²) in [7, 11) is 0. The van der Waals surface area contributed by atoms with Crippen LogP contribution in [0.2, 0.25) is 0 Å². The fourth-order valence-corrected chi connectivity index (χ4v) is 4.26. The van der Waals surface area contributed by atoms with Gasteiger partial charge in [0.1, 0.15) is 5.75 Å². The molecule has 1 atom stereocenters. The zero-order valence-corrected chi connectivity index (χ0v) is 16.3. The summed E-state index contributed by atoms with van der Waals surface area (Å²) < 4.78 is 5.73. The third kappa shape index (κ3) is 4.86. The van der Waals surface area contributed by atoms with Gasteiger partial charge < -0.3 is 10.1 Å². The van der Waals surface area contributed by atoms with Crippen LogP contribution < -0.4 is 10.1 Å². The lowest BCUT2D eigenvalue weighted by Gasteiger charge is -2.34. The van der Waals surface area contributed by atoms with Gasteiger partial charge in [-0.2, -0.15) is 0 Å². The molecule has 1 N–H and O–H groups in total. The quantitative estimate of drug-likeness (QED) is 0.742. The van der Waals surface area contributed by atoms with E-state index in [1.807, 2.05) is 24.3 Å². The van der Waals surface area contributed by atoms with Crippen LogP contribution in [-0.4, -0.2) is 37.0 Å². The standard InChI is InChI=1S/C21H28N2O2S/c1-2-14-25-19-10-5-4-9-17(19)21(24)22-16-18(20-11-8-15-26-20)23-12-6-3-7-13-23/h4-5,8-11,15,18H,2-3,6-7,12-14,16H2,1H3,(H,22,24)/t18-/m1/s1. The number of thiophene rings is 1. The number of carbonyl (C=O) groups is 1. The molecule has 0 unspecified atom stereocenters. The first kappa shape index (κ1) is 18.9. The van der Waals surface area contributed by atoms with Gasteiger partial charge in [-0.1, -0.05) is 31.5 Å². The summed E-state index contributed by atoms with van der Waals surface area (Å²) in [4.78, 5) is 16.6. The van der Waals surface area contributed by atoms with E-state index >= 15 is 0 Å². The molecular formula is C21H28N2O2S. The molecule has 140 valence electrons. The van der Waals surface area contributed by atoms with E-state index in [2.05, 4.69) is 34.7 Å². The first-order chi connectivity index (χ1) is 12.8. The first-order valence-corrected chi connectivity index (χ1v) is 10.4. The number of benzene rings is 1. The number of ether oxygens (including phenoxy) is 1. The molecule has 1 aliphatic heterocycles. The molecule has 26 heavy (non-hydrogen) atoms. The Kier molecular flexibility index (Phi) is 7.09. The van der Waals surface area contributed by atoms with Gasteiger partial charge in [0.2, 0.25) is 0 Å². The molecule has 4 nitrogen and oxygen atoms in total. The summed E-state index contributed by atoms with van der Waals surface area (Å²) in [5.74, 6) is 0.604. The maximum atomic E-state index is 12.8. The van der Waals surface area contributed by atoms with Gasteiger partial charge in [-0.25, -0.2) is 0 Å². The molecule has 1 aliphatic rings. The topological polar surface area (TPSA) is 41.6 Å². The highest BCUT2D eigenvalue weighted by Gasteiger charge is 2.24. The molecule has 1 fully saturated rings. The zero-order valence-electron chi connectivity index (χ0n) is 15.4. The normalized spacial score (nSPS) is 16.2. The Bertz CT molecular complexity index is 681. The van der Waals surface area contributed by atoms with E-state index in [9.17, 15) is 4.79 Å². The average molecular weight is 373 g/mol. The molecule has 0 aliphatic carbocycles. The van der Waals surface area contributed by atoms with Gasteiger partial charge in [0.15, 0.2) is 0 Å². The Morgan fingerprint density at radius 3 is 2.73 bits per heavy atom. The van der Waals surface area contributed by atoms with Crippen molar-refractivity contribution in [2.24, 2.45) is 0 Å². The minimum Gasteiger partial charge on any atom is -0.493 e. The number of nitrogens with zero attached hydrogens (tertiary/aromatic N) is 1. The minimum absolute atomic E-state index is 0.0599. The van der Waals surface area contributed by atoms with Crippen molar-refractivity contribution in [1.29, 1.82) is 0 Å². The van der Waals surface area contributed by atoms with Crippen molar-refractivity contribution < 1.29 is 9.53 Å². The van der Waals surface area contributed by atoms with Crippen LogP contribution in [0.25, 0.3) is 0 Å². The molecule has 2 aromatic rings. The van der Waals surface area contributed by atoms with Crippen LogP contribution in [0.5, 0.6) is 5.75 Å². The number of hydrogen-bond donors (Lipinski definition) is 1. The summed E-state index contributed by atoms with van der Waals surface area (Å²) in [5.41, 5.74) is 0.615. The lowest BCUT2D eigenvalue weighted by atomic mass is 10.1. The molecule has 3 rings (SSSR count). The van der Waals surface area contributed by atoms with Crippen molar-refractivity contribution in [2.75, 3.05) is 26.2 Å². The summed E-state index contributed by atoms with van der Waals surface area (Å²) in [6.07, 6.45) is 4.71. The highest BCUT2D eigenvalue weighted by Crippen LogP contribution is 2.28. The maximum absolute atomic E-state index is 12.8. The Morgan fingerprint density at radius 1 is 1.19 bits per heavy atom. The summed E-state index contributed by atoms with van der Waals surface area (Å²) in [6.45, 7) is 5.52. The number of rotatable bonds is 8. The molecule has 1 saturated heterocycles. The van der Waals surface area contributed by atoms with Crippen LogP contribution in [0.1, 0.15) is 53.9 Å². The molecular weight excluding hydrogens is 344 g/mol. The average Bonchev–Trinajstić information content (AvgIpc) is 3.22. The first-order valence-electron chi connectivity index (χ1n) is 9.57. The molecule has 1 aromatic carbocycles. The van der Waals surface area contributed by atoms with Gasteiger partial charge in [-0.15, -0.1) is 11.3 Å². The van der Waals surface area contributed by atoms with E-state index in [1.54, 1.807) is 11.3 Å². The molecule has 0 spiro atoms. The predicted molar refractivity (Wildman–Crippen MR) is 107 cm³/mol. The largest absolute Gasteiger partial charge is 0.493 e. The van der Waals surface area contributed by atoms with Gasteiger partial charge >= 0.3 is 0 Å². The monoisotopic (exact) mass is 372 g/mol. The van der Waals surface area contributed by atoms with Crippen LogP contribution in [0.15, 0.2) is 41.8 Å².